The van der Waals surface area contributed by atoms with Crippen molar-refractivity contribution in [2.75, 3.05) is 26.4 Å². The van der Waals surface area contributed by atoms with Crippen LogP contribution in [0.4, 0.5) is 0 Å². The lowest BCUT2D eigenvalue weighted by atomic mass is 9.42. The molecule has 0 unspecified atom stereocenters. The van der Waals surface area contributed by atoms with Gasteiger partial charge in [-0.25, -0.2) is 0 Å². The monoisotopic (exact) mass is 408 g/mol. The summed E-state index contributed by atoms with van der Waals surface area (Å²) >= 11 is 0. The molecule has 0 bridgehead atoms. The molecule has 0 aromatic heterocycles. The summed E-state index contributed by atoms with van der Waals surface area (Å²) in [7, 11) is 0. The van der Waals surface area contributed by atoms with E-state index in [-0.39, 0.29) is 11.6 Å². The van der Waals surface area contributed by atoms with Crippen molar-refractivity contribution in [1.82, 2.24) is 0 Å². The van der Waals surface area contributed by atoms with Crippen LogP contribution in [-0.4, -0.2) is 43.7 Å². The molecule has 2 aliphatic heterocycles. The Morgan fingerprint density at radius 3 is 1.97 bits per heavy atom. The first-order valence-corrected chi connectivity index (χ1v) is 10.6. The number of rotatable bonds is 0. The van der Waals surface area contributed by atoms with E-state index in [1.165, 1.54) is 0 Å². The van der Waals surface area contributed by atoms with E-state index in [0.717, 1.165) is 5.57 Å². The fourth-order valence-corrected chi connectivity index (χ4v) is 6.50. The summed E-state index contributed by atoms with van der Waals surface area (Å²) in [6.07, 6.45) is 5.10. The molecule has 1 N–H and O–H groups in total. The molecule has 5 aliphatic rings. The molecule has 3 spiro atoms. The van der Waals surface area contributed by atoms with Crippen LogP contribution in [0.3, 0.4) is 0 Å². The van der Waals surface area contributed by atoms with Crippen molar-refractivity contribution in [1.29, 1.82) is 21.2 Å². The van der Waals surface area contributed by atoms with E-state index >= 15 is 0 Å². The smallest absolute Gasteiger partial charge is 0.188 e. The Hall–Kier alpha value is -2.28. The largest absolute Gasteiger partial charge is 0.348 e. The molecule has 5 rings (SSSR count). The Morgan fingerprint density at radius 1 is 0.867 bits per heavy atom. The Kier molecular flexibility index (Phi) is 4.33. The number of nitrogens with one attached hydrogen (secondary N) is 1. The number of hydrogen-bond acceptors (Lipinski definition) is 8. The SMILES string of the molecule is N#C[C@H]1C(=N)C(C#N)(C#N)C2(CCC3(CC2)OCCO3)[C@@H]2CC3(CC=C12)OCCO3. The summed E-state index contributed by atoms with van der Waals surface area (Å²) in [6.45, 7) is 2.10. The minimum Gasteiger partial charge on any atom is -0.348 e. The van der Waals surface area contributed by atoms with Gasteiger partial charge in [-0.05, 0) is 24.3 Å². The average Bonchev–Trinajstić information content (AvgIpc) is 3.42. The van der Waals surface area contributed by atoms with Crippen LogP contribution in [0.25, 0.3) is 0 Å². The molecule has 30 heavy (non-hydrogen) atoms. The lowest BCUT2D eigenvalue weighted by Gasteiger charge is -2.59. The molecule has 2 saturated heterocycles. The first-order valence-electron chi connectivity index (χ1n) is 10.6. The molecule has 3 aliphatic carbocycles. The lowest BCUT2D eigenvalue weighted by molar-refractivity contribution is -0.214. The van der Waals surface area contributed by atoms with Crippen LogP contribution in [0.2, 0.25) is 0 Å². The number of nitrogens with zero attached hydrogens (tertiary/aromatic N) is 3. The highest BCUT2D eigenvalue weighted by atomic mass is 16.7. The molecule has 8 heteroatoms. The van der Waals surface area contributed by atoms with Crippen molar-refractivity contribution in [3.05, 3.63) is 11.6 Å². The molecule has 156 valence electrons. The van der Waals surface area contributed by atoms with E-state index in [9.17, 15) is 15.8 Å². The fourth-order valence-electron chi connectivity index (χ4n) is 6.50. The van der Waals surface area contributed by atoms with Gasteiger partial charge < -0.3 is 24.4 Å². The highest BCUT2D eigenvalue weighted by Gasteiger charge is 2.69. The van der Waals surface area contributed by atoms with Crippen molar-refractivity contribution in [3.63, 3.8) is 0 Å². The highest BCUT2D eigenvalue weighted by Crippen LogP contribution is 2.66. The normalized spacial score (nSPS) is 37.9. The van der Waals surface area contributed by atoms with Gasteiger partial charge in [0.05, 0.1) is 50.3 Å². The Bertz CT molecular complexity index is 900. The van der Waals surface area contributed by atoms with Gasteiger partial charge in [-0.3, -0.25) is 0 Å². The average molecular weight is 408 g/mol. The van der Waals surface area contributed by atoms with Crippen LogP contribution >= 0.6 is 0 Å². The second kappa shape index (κ2) is 6.61. The third-order valence-electron chi connectivity index (χ3n) is 8.00. The molecular weight excluding hydrogens is 384 g/mol. The third-order valence-corrected chi connectivity index (χ3v) is 8.00. The van der Waals surface area contributed by atoms with Crippen LogP contribution in [0, 0.1) is 62.1 Å². The summed E-state index contributed by atoms with van der Waals surface area (Å²) in [4.78, 5) is 0. The van der Waals surface area contributed by atoms with Crippen molar-refractivity contribution < 1.29 is 18.9 Å². The quantitative estimate of drug-likeness (QED) is 0.609. The summed E-state index contributed by atoms with van der Waals surface area (Å²) in [5.74, 6) is -2.55. The molecule has 8 nitrogen and oxygen atoms in total. The van der Waals surface area contributed by atoms with E-state index in [2.05, 4.69) is 18.2 Å². The number of hydrogen-bond donors (Lipinski definition) is 1. The van der Waals surface area contributed by atoms with Crippen LogP contribution in [-0.2, 0) is 18.9 Å². The zero-order valence-electron chi connectivity index (χ0n) is 16.8. The molecule has 0 amide bonds. The second-order valence-corrected chi connectivity index (χ2v) is 8.99. The van der Waals surface area contributed by atoms with E-state index in [4.69, 9.17) is 24.4 Å². The zero-order valence-corrected chi connectivity index (χ0v) is 16.8. The predicted octanol–water partition coefficient (Wildman–Crippen LogP) is 2.58. The van der Waals surface area contributed by atoms with Crippen molar-refractivity contribution in [2.45, 2.75) is 50.1 Å². The van der Waals surface area contributed by atoms with Crippen LogP contribution < -0.4 is 0 Å². The molecule has 2 heterocycles. The lowest BCUT2D eigenvalue weighted by Crippen LogP contribution is -2.62. The Morgan fingerprint density at radius 2 is 1.43 bits per heavy atom. The molecule has 0 aromatic rings. The summed E-state index contributed by atoms with van der Waals surface area (Å²) in [5, 5.41) is 39.2. The van der Waals surface area contributed by atoms with Gasteiger partial charge in [-0.1, -0.05) is 6.08 Å². The minimum absolute atomic E-state index is 0.0917. The van der Waals surface area contributed by atoms with E-state index in [1.54, 1.807) is 0 Å². The van der Waals surface area contributed by atoms with Gasteiger partial charge in [-0.2, -0.15) is 15.8 Å². The number of ether oxygens (including phenoxy) is 4. The van der Waals surface area contributed by atoms with E-state index in [1.807, 2.05) is 6.08 Å². The number of nitriles is 3. The first kappa shape index (κ1) is 19.7. The number of fused-ring (bicyclic) bond motifs is 2. The van der Waals surface area contributed by atoms with Gasteiger partial charge in [0.1, 0.15) is 5.92 Å². The van der Waals surface area contributed by atoms with Gasteiger partial charge in [0.15, 0.2) is 17.0 Å². The maximum atomic E-state index is 10.3. The maximum Gasteiger partial charge on any atom is 0.188 e. The summed E-state index contributed by atoms with van der Waals surface area (Å²) < 4.78 is 23.7. The Labute approximate surface area is 175 Å². The van der Waals surface area contributed by atoms with Crippen LogP contribution in [0.5, 0.6) is 0 Å². The number of allylic oxidation sites excluding steroid dienone is 1. The minimum atomic E-state index is -1.67. The van der Waals surface area contributed by atoms with E-state index < -0.39 is 28.3 Å². The molecule has 0 aromatic carbocycles. The zero-order chi connectivity index (χ0) is 21.0. The standard InChI is InChI=1S/C22H24N4O4/c23-12-16-15-1-2-22(29-9-10-30-22)11-17(15)19(20(13-24,14-25)18(16)26)3-5-21(6-4-19)27-7-8-28-21/h1,16-17,26H,2-11H2/t16-,17-/m1/s1. The predicted molar refractivity (Wildman–Crippen MR) is 101 cm³/mol. The van der Waals surface area contributed by atoms with Crippen LogP contribution in [0.15, 0.2) is 11.6 Å². The van der Waals surface area contributed by atoms with Crippen molar-refractivity contribution in [2.24, 2.45) is 22.7 Å². The van der Waals surface area contributed by atoms with E-state index in [0.29, 0.717) is 65.0 Å². The van der Waals surface area contributed by atoms with Gasteiger partial charge in [0, 0.05) is 31.1 Å². The van der Waals surface area contributed by atoms with Gasteiger partial charge >= 0.3 is 0 Å². The molecule has 4 fully saturated rings. The van der Waals surface area contributed by atoms with Crippen molar-refractivity contribution >= 4 is 5.71 Å². The highest BCUT2D eigenvalue weighted by molar-refractivity contribution is 6.00. The Balaban J connectivity index is 1.63. The molecule has 0 radical (unpaired) electrons. The van der Waals surface area contributed by atoms with Crippen molar-refractivity contribution in [3.8, 4) is 18.2 Å². The fraction of sp³-hybridized carbons (Fsp3) is 0.727. The van der Waals surface area contributed by atoms with Gasteiger partial charge in [0.2, 0.25) is 0 Å². The summed E-state index contributed by atoms with van der Waals surface area (Å²) in [5.41, 5.74) is -1.73. The third kappa shape index (κ3) is 2.35. The van der Waals surface area contributed by atoms with Crippen LogP contribution in [0.1, 0.15) is 38.5 Å². The van der Waals surface area contributed by atoms with Gasteiger partial charge in [0.25, 0.3) is 0 Å². The maximum absolute atomic E-state index is 10.3. The molecule has 2 atom stereocenters. The molecular formula is C22H24N4O4. The van der Waals surface area contributed by atoms with Gasteiger partial charge in [-0.15, -0.1) is 0 Å². The first-order chi connectivity index (χ1) is 14.5. The summed E-state index contributed by atoms with van der Waals surface area (Å²) in [6, 6.07) is 6.61. The second-order valence-electron chi connectivity index (χ2n) is 8.99. The topological polar surface area (TPSA) is 132 Å². The molecule has 2 saturated carbocycles.